The molecule has 0 heterocycles. The third-order valence-corrected chi connectivity index (χ3v) is 2.98. The Morgan fingerprint density at radius 2 is 1.95 bits per heavy atom. The van der Waals surface area contributed by atoms with Gasteiger partial charge in [0, 0.05) is 0 Å². The van der Waals surface area contributed by atoms with Crippen molar-refractivity contribution >= 4 is 23.8 Å². The third-order valence-electron chi connectivity index (χ3n) is 1.79. The number of carbonyl (C=O) groups excluding carboxylic acids is 1. The number of carboxylic acid groups (broad SMARTS) is 1. The number of allylic oxidation sites excluding steroid dienone is 1. The molecule has 5 nitrogen and oxygen atoms in total. The summed E-state index contributed by atoms with van der Waals surface area (Å²) in [5.41, 5.74) is -0.595. The van der Waals surface area contributed by atoms with E-state index >= 15 is 0 Å². The van der Waals surface area contributed by atoms with Gasteiger partial charge in [-0.25, -0.2) is 4.79 Å². The fourth-order valence-corrected chi connectivity index (χ4v) is 1.81. The van der Waals surface area contributed by atoms with E-state index in [0.717, 1.165) is 5.25 Å². The number of amides is 1. The normalized spacial score (nSPS) is 10.4. The van der Waals surface area contributed by atoms with E-state index in [2.05, 4.69) is 25.7 Å². The first-order valence-corrected chi connectivity index (χ1v) is 8.04. The van der Waals surface area contributed by atoms with Crippen LogP contribution in [-0.2, 0) is 9.53 Å². The molecule has 21 heavy (non-hydrogen) atoms. The van der Waals surface area contributed by atoms with E-state index in [1.54, 1.807) is 20.8 Å². The number of alkyl carbamates (subject to hydrolysis) is 1. The number of thioether (sulfide) groups is 1. The third kappa shape index (κ3) is 24.3. The highest BCUT2D eigenvalue weighted by atomic mass is 32.2. The molecular weight excluding hydrogens is 290 g/mol. The van der Waals surface area contributed by atoms with Gasteiger partial charge in [-0.05, 0) is 44.6 Å². The summed E-state index contributed by atoms with van der Waals surface area (Å²) in [7, 11) is 0. The summed E-state index contributed by atoms with van der Waals surface area (Å²) >= 11 is 2.02. The van der Waals surface area contributed by atoms with Gasteiger partial charge in [0.25, 0.3) is 0 Å². The van der Waals surface area contributed by atoms with Crippen molar-refractivity contribution < 1.29 is 19.4 Å². The van der Waals surface area contributed by atoms with E-state index in [4.69, 9.17) is 9.84 Å². The zero-order valence-corrected chi connectivity index (χ0v) is 14.6. The van der Waals surface area contributed by atoms with Crippen molar-refractivity contribution in [3.05, 3.63) is 12.7 Å². The molecule has 0 spiro atoms. The number of carboxylic acids is 1. The maximum atomic E-state index is 10.8. The number of nitrogens with one attached hydrogen (secondary N) is 1. The second-order valence-corrected chi connectivity index (χ2v) is 7.28. The summed E-state index contributed by atoms with van der Waals surface area (Å²) < 4.78 is 4.77. The quantitative estimate of drug-likeness (QED) is 0.553. The van der Waals surface area contributed by atoms with Crippen molar-refractivity contribution in [2.75, 3.05) is 12.3 Å². The largest absolute Gasteiger partial charge is 0.480 e. The Balaban J connectivity index is 0. The number of unbranched alkanes of at least 4 members (excludes halogenated alkanes) is 1. The summed E-state index contributed by atoms with van der Waals surface area (Å²) in [5, 5.41) is 11.1. The van der Waals surface area contributed by atoms with Crippen LogP contribution < -0.4 is 5.32 Å². The van der Waals surface area contributed by atoms with Crippen molar-refractivity contribution in [1.82, 2.24) is 5.32 Å². The maximum Gasteiger partial charge on any atom is 0.408 e. The van der Waals surface area contributed by atoms with Gasteiger partial charge in [0.15, 0.2) is 0 Å². The monoisotopic (exact) mass is 319 g/mol. The Kier molecular flexibility index (Phi) is 13.2. The molecule has 0 aliphatic heterocycles. The van der Waals surface area contributed by atoms with Crippen molar-refractivity contribution in [3.8, 4) is 0 Å². The molecule has 2 N–H and O–H groups in total. The summed E-state index contributed by atoms with van der Waals surface area (Å²) in [6, 6.07) is 0. The lowest BCUT2D eigenvalue weighted by molar-refractivity contribution is -0.136. The Morgan fingerprint density at radius 3 is 2.33 bits per heavy atom. The Bertz CT molecular complexity index is 311. The molecule has 6 heteroatoms. The Labute approximate surface area is 132 Å². The highest BCUT2D eigenvalue weighted by Gasteiger charge is 2.16. The van der Waals surface area contributed by atoms with Crippen molar-refractivity contribution in [3.63, 3.8) is 0 Å². The molecule has 0 aromatic rings. The molecule has 0 saturated carbocycles. The minimum absolute atomic E-state index is 0.422. The summed E-state index contributed by atoms with van der Waals surface area (Å²) in [4.78, 5) is 20.8. The molecular formula is C15H29NO4S. The standard InChI is InChI=1S/C8H16S.C7H13NO4/c1-4-5-6-7-9-8(2)3;1-7(2,3)12-6(11)8-4-5(9)10/h4,8H,1,5-7H2,2-3H3;4H2,1-3H3,(H,8,11)(H,9,10). The number of carbonyl (C=O) groups is 2. The molecule has 0 aromatic carbocycles. The van der Waals surface area contributed by atoms with Crippen LogP contribution in [-0.4, -0.2) is 40.3 Å². The van der Waals surface area contributed by atoms with Crippen LogP contribution in [0.2, 0.25) is 0 Å². The van der Waals surface area contributed by atoms with Gasteiger partial charge < -0.3 is 15.2 Å². The maximum absolute atomic E-state index is 10.8. The zero-order valence-electron chi connectivity index (χ0n) is 13.8. The fourth-order valence-electron chi connectivity index (χ4n) is 1.01. The molecule has 0 rings (SSSR count). The lowest BCUT2D eigenvalue weighted by Gasteiger charge is -2.19. The number of rotatable bonds is 7. The first-order chi connectivity index (χ1) is 9.58. The van der Waals surface area contributed by atoms with Gasteiger partial charge in [-0.1, -0.05) is 19.9 Å². The van der Waals surface area contributed by atoms with Crippen molar-refractivity contribution in [1.29, 1.82) is 0 Å². The van der Waals surface area contributed by atoms with Crippen LogP contribution in [0.5, 0.6) is 0 Å². The summed E-state index contributed by atoms with van der Waals surface area (Å²) in [6.07, 6.45) is 3.72. The molecule has 0 unspecified atom stereocenters. The molecule has 0 atom stereocenters. The molecule has 1 amide bonds. The highest BCUT2D eigenvalue weighted by molar-refractivity contribution is 7.99. The highest BCUT2D eigenvalue weighted by Crippen LogP contribution is 2.11. The van der Waals surface area contributed by atoms with Crippen molar-refractivity contribution in [2.45, 2.75) is 58.3 Å². The molecule has 0 radical (unpaired) electrons. The predicted molar refractivity (Wildman–Crippen MR) is 88.9 cm³/mol. The van der Waals surface area contributed by atoms with E-state index in [1.807, 2.05) is 17.8 Å². The minimum Gasteiger partial charge on any atom is -0.480 e. The molecule has 0 saturated heterocycles. The van der Waals surface area contributed by atoms with Crippen LogP contribution in [0.3, 0.4) is 0 Å². The van der Waals surface area contributed by atoms with Crippen LogP contribution in [0.4, 0.5) is 4.79 Å². The number of hydrogen-bond acceptors (Lipinski definition) is 4. The van der Waals surface area contributed by atoms with Crippen LogP contribution >= 0.6 is 11.8 Å². The topological polar surface area (TPSA) is 75.6 Å². The molecule has 0 aromatic heterocycles. The first-order valence-electron chi connectivity index (χ1n) is 6.99. The number of aliphatic carboxylic acids is 1. The lowest BCUT2D eigenvalue weighted by Crippen LogP contribution is -2.35. The van der Waals surface area contributed by atoms with Crippen molar-refractivity contribution in [2.24, 2.45) is 0 Å². The van der Waals surface area contributed by atoms with Gasteiger partial charge in [-0.3, -0.25) is 4.79 Å². The lowest BCUT2D eigenvalue weighted by atomic mass is 10.2. The smallest absolute Gasteiger partial charge is 0.408 e. The van der Waals surface area contributed by atoms with Gasteiger partial charge in [0.1, 0.15) is 12.1 Å². The second-order valence-electron chi connectivity index (χ2n) is 5.60. The summed E-state index contributed by atoms with van der Waals surface area (Å²) in [5.74, 6) is 0.185. The van der Waals surface area contributed by atoms with Crippen LogP contribution in [0.25, 0.3) is 0 Å². The van der Waals surface area contributed by atoms with Crippen LogP contribution in [0, 0.1) is 0 Å². The predicted octanol–water partition coefficient (Wildman–Crippen LogP) is 3.69. The number of ether oxygens (including phenoxy) is 1. The molecule has 0 bridgehead atoms. The molecule has 0 fully saturated rings. The average Bonchev–Trinajstić information content (AvgIpc) is 2.31. The SMILES string of the molecule is C=CCCCSC(C)C.CC(C)(C)OC(=O)NCC(=O)O. The van der Waals surface area contributed by atoms with Gasteiger partial charge >= 0.3 is 12.1 Å². The number of hydrogen-bond donors (Lipinski definition) is 2. The van der Waals surface area contributed by atoms with Gasteiger partial charge in [-0.2, -0.15) is 11.8 Å². The zero-order chi connectivity index (χ0) is 16.9. The van der Waals surface area contributed by atoms with E-state index in [1.165, 1.54) is 18.6 Å². The fraction of sp³-hybridized carbons (Fsp3) is 0.733. The average molecular weight is 319 g/mol. The van der Waals surface area contributed by atoms with E-state index < -0.39 is 24.2 Å². The van der Waals surface area contributed by atoms with Crippen LogP contribution in [0.1, 0.15) is 47.5 Å². The molecule has 0 aliphatic rings. The molecule has 0 aliphatic carbocycles. The van der Waals surface area contributed by atoms with Gasteiger partial charge in [0.2, 0.25) is 0 Å². The van der Waals surface area contributed by atoms with Gasteiger partial charge in [-0.15, -0.1) is 6.58 Å². The Morgan fingerprint density at radius 1 is 1.38 bits per heavy atom. The molecule has 124 valence electrons. The second kappa shape index (κ2) is 12.6. The minimum atomic E-state index is -1.10. The first kappa shape index (κ1) is 22.1. The van der Waals surface area contributed by atoms with E-state index in [9.17, 15) is 9.59 Å². The van der Waals surface area contributed by atoms with Gasteiger partial charge in [0.05, 0.1) is 0 Å². The Hall–Kier alpha value is -1.17. The van der Waals surface area contributed by atoms with E-state index in [0.29, 0.717) is 0 Å². The summed E-state index contributed by atoms with van der Waals surface area (Å²) in [6.45, 7) is 12.8. The van der Waals surface area contributed by atoms with E-state index in [-0.39, 0.29) is 0 Å². The van der Waals surface area contributed by atoms with Crippen LogP contribution in [0.15, 0.2) is 12.7 Å².